The van der Waals surface area contributed by atoms with Gasteiger partial charge in [-0.05, 0) is 40.2 Å². The first-order valence-corrected chi connectivity index (χ1v) is 6.04. The normalized spacial score (nSPS) is 32.7. The molecule has 88 valence electrons. The summed E-state index contributed by atoms with van der Waals surface area (Å²) in [5.41, 5.74) is 0. The van der Waals surface area contributed by atoms with E-state index in [1.807, 2.05) is 6.92 Å². The van der Waals surface area contributed by atoms with Crippen molar-refractivity contribution in [2.45, 2.75) is 52.6 Å². The van der Waals surface area contributed by atoms with Gasteiger partial charge in [0.05, 0.1) is 12.5 Å². The topological polar surface area (TPSA) is 29.5 Å². The Labute approximate surface area is 92.8 Å². The van der Waals surface area contributed by atoms with Crippen LogP contribution in [0.25, 0.3) is 0 Å². The zero-order valence-corrected chi connectivity index (χ0v) is 10.3. The second-order valence-electron chi connectivity index (χ2n) is 4.36. The molecule has 0 aromatic carbocycles. The summed E-state index contributed by atoms with van der Waals surface area (Å²) in [7, 11) is 0. The minimum atomic E-state index is -0.0182. The first-order valence-electron chi connectivity index (χ1n) is 6.04. The lowest BCUT2D eigenvalue weighted by Crippen LogP contribution is -2.50. The van der Waals surface area contributed by atoms with Crippen LogP contribution in [-0.4, -0.2) is 36.1 Å². The zero-order chi connectivity index (χ0) is 11.4. The van der Waals surface area contributed by atoms with Gasteiger partial charge in [0.25, 0.3) is 0 Å². The quantitative estimate of drug-likeness (QED) is 0.672. The molecule has 1 heterocycles. The van der Waals surface area contributed by atoms with Crippen LogP contribution < -0.4 is 0 Å². The van der Waals surface area contributed by atoms with Crippen LogP contribution in [0, 0.1) is 5.92 Å². The molecule has 0 N–H and O–H groups in total. The monoisotopic (exact) mass is 213 g/mol. The van der Waals surface area contributed by atoms with Gasteiger partial charge in [0.1, 0.15) is 0 Å². The average Bonchev–Trinajstić information content (AvgIpc) is 2.18. The van der Waals surface area contributed by atoms with Gasteiger partial charge in [0.2, 0.25) is 0 Å². The van der Waals surface area contributed by atoms with Gasteiger partial charge >= 0.3 is 5.97 Å². The number of rotatable bonds is 3. The summed E-state index contributed by atoms with van der Waals surface area (Å²) in [6.07, 6.45) is 2.07. The lowest BCUT2D eigenvalue weighted by Gasteiger charge is -2.42. The number of ether oxygens (including phenoxy) is 1. The Morgan fingerprint density at radius 3 is 2.53 bits per heavy atom. The predicted octanol–water partition coefficient (Wildman–Crippen LogP) is 2.06. The van der Waals surface area contributed by atoms with Crippen molar-refractivity contribution in [3.8, 4) is 0 Å². The van der Waals surface area contributed by atoms with Crippen LogP contribution in [0.1, 0.15) is 40.5 Å². The van der Waals surface area contributed by atoms with Crippen LogP contribution >= 0.6 is 0 Å². The van der Waals surface area contributed by atoms with E-state index < -0.39 is 0 Å². The number of carbonyl (C=O) groups excluding carboxylic acids is 1. The van der Waals surface area contributed by atoms with Crippen LogP contribution in [0.2, 0.25) is 0 Å². The maximum absolute atomic E-state index is 11.7. The molecule has 1 rings (SSSR count). The van der Waals surface area contributed by atoms with E-state index in [-0.39, 0.29) is 11.9 Å². The van der Waals surface area contributed by atoms with Gasteiger partial charge in [-0.2, -0.15) is 0 Å². The molecule has 0 aromatic rings. The molecule has 0 aliphatic carbocycles. The fourth-order valence-corrected chi connectivity index (χ4v) is 2.62. The van der Waals surface area contributed by atoms with Gasteiger partial charge in [-0.15, -0.1) is 0 Å². The number of carbonyl (C=O) groups is 1. The molecule has 0 aromatic heterocycles. The van der Waals surface area contributed by atoms with Crippen molar-refractivity contribution in [2.24, 2.45) is 5.92 Å². The number of piperidine rings is 1. The molecule has 3 unspecified atom stereocenters. The summed E-state index contributed by atoms with van der Waals surface area (Å²) >= 11 is 0. The Morgan fingerprint density at radius 2 is 2.00 bits per heavy atom. The molecule has 0 saturated carbocycles. The van der Waals surface area contributed by atoms with Crippen molar-refractivity contribution in [1.82, 2.24) is 4.90 Å². The van der Waals surface area contributed by atoms with Crippen LogP contribution in [0.15, 0.2) is 0 Å². The Bertz CT molecular complexity index is 218. The number of esters is 1. The molecule has 0 spiro atoms. The molecule has 3 nitrogen and oxygen atoms in total. The number of hydrogen-bond donors (Lipinski definition) is 0. The summed E-state index contributed by atoms with van der Waals surface area (Å²) in [6, 6.07) is 0.911. The van der Waals surface area contributed by atoms with Gasteiger partial charge in [0, 0.05) is 12.1 Å². The van der Waals surface area contributed by atoms with Gasteiger partial charge in [-0.25, -0.2) is 0 Å². The molecule has 1 saturated heterocycles. The van der Waals surface area contributed by atoms with E-state index in [0.717, 1.165) is 19.4 Å². The van der Waals surface area contributed by atoms with E-state index in [0.29, 0.717) is 18.7 Å². The standard InChI is InChI=1S/C12H23NO2/c1-5-13-9(3)7-8-11(10(13)4)12(14)15-6-2/h9-11H,5-8H2,1-4H3. The smallest absolute Gasteiger partial charge is 0.310 e. The highest BCUT2D eigenvalue weighted by molar-refractivity contribution is 5.73. The average molecular weight is 213 g/mol. The summed E-state index contributed by atoms with van der Waals surface area (Å²) in [5, 5.41) is 0. The van der Waals surface area contributed by atoms with Gasteiger partial charge in [0.15, 0.2) is 0 Å². The van der Waals surface area contributed by atoms with E-state index in [1.54, 1.807) is 0 Å². The summed E-state index contributed by atoms with van der Waals surface area (Å²) < 4.78 is 5.11. The molecular weight excluding hydrogens is 190 g/mol. The van der Waals surface area contributed by atoms with Crippen molar-refractivity contribution in [3.05, 3.63) is 0 Å². The summed E-state index contributed by atoms with van der Waals surface area (Å²) in [5.74, 6) is 0.0523. The van der Waals surface area contributed by atoms with Crippen molar-refractivity contribution in [3.63, 3.8) is 0 Å². The zero-order valence-electron chi connectivity index (χ0n) is 10.3. The molecule has 1 aliphatic heterocycles. The number of likely N-dealkylation sites (tertiary alicyclic amines) is 1. The highest BCUT2D eigenvalue weighted by Gasteiger charge is 2.36. The molecule has 0 radical (unpaired) electrons. The van der Waals surface area contributed by atoms with Crippen LogP contribution in [0.4, 0.5) is 0 Å². The van der Waals surface area contributed by atoms with Gasteiger partial charge < -0.3 is 4.74 Å². The number of hydrogen-bond acceptors (Lipinski definition) is 3. The molecule has 3 heteroatoms. The summed E-state index contributed by atoms with van der Waals surface area (Å²) in [6.45, 7) is 9.90. The van der Waals surface area contributed by atoms with Crippen molar-refractivity contribution in [2.75, 3.05) is 13.2 Å². The fourth-order valence-electron chi connectivity index (χ4n) is 2.62. The second kappa shape index (κ2) is 5.50. The van der Waals surface area contributed by atoms with Crippen LogP contribution in [0.5, 0.6) is 0 Å². The highest BCUT2D eigenvalue weighted by Crippen LogP contribution is 2.28. The third kappa shape index (κ3) is 2.71. The first-order chi connectivity index (χ1) is 7.11. The maximum atomic E-state index is 11.7. The fraction of sp³-hybridized carbons (Fsp3) is 0.917. The van der Waals surface area contributed by atoms with E-state index in [4.69, 9.17) is 4.74 Å². The second-order valence-corrected chi connectivity index (χ2v) is 4.36. The third-order valence-corrected chi connectivity index (χ3v) is 3.52. The van der Waals surface area contributed by atoms with Crippen molar-refractivity contribution < 1.29 is 9.53 Å². The van der Waals surface area contributed by atoms with E-state index in [9.17, 15) is 4.79 Å². The predicted molar refractivity (Wildman–Crippen MR) is 60.7 cm³/mol. The first kappa shape index (κ1) is 12.5. The van der Waals surface area contributed by atoms with Gasteiger partial charge in [-0.1, -0.05) is 6.92 Å². The molecule has 0 bridgehead atoms. The summed E-state index contributed by atoms with van der Waals surface area (Å²) in [4.78, 5) is 14.1. The van der Waals surface area contributed by atoms with E-state index >= 15 is 0 Å². The van der Waals surface area contributed by atoms with Crippen molar-refractivity contribution >= 4 is 5.97 Å². The minimum Gasteiger partial charge on any atom is -0.466 e. The van der Waals surface area contributed by atoms with Crippen LogP contribution in [-0.2, 0) is 9.53 Å². The highest BCUT2D eigenvalue weighted by atomic mass is 16.5. The Hall–Kier alpha value is -0.570. The lowest BCUT2D eigenvalue weighted by atomic mass is 9.87. The molecule has 15 heavy (non-hydrogen) atoms. The lowest BCUT2D eigenvalue weighted by molar-refractivity contribution is -0.152. The Morgan fingerprint density at radius 1 is 1.33 bits per heavy atom. The Kier molecular flexibility index (Phi) is 4.58. The molecular formula is C12H23NO2. The Balaban J connectivity index is 2.63. The third-order valence-electron chi connectivity index (χ3n) is 3.52. The molecule has 1 fully saturated rings. The molecule has 1 aliphatic rings. The van der Waals surface area contributed by atoms with Crippen molar-refractivity contribution in [1.29, 1.82) is 0 Å². The molecule has 0 amide bonds. The molecule has 3 atom stereocenters. The number of nitrogens with zero attached hydrogens (tertiary/aromatic N) is 1. The minimum absolute atomic E-state index is 0.0182. The SMILES string of the molecule is CCOC(=O)C1CCC(C)N(CC)C1C. The van der Waals surface area contributed by atoms with E-state index in [2.05, 4.69) is 25.7 Å². The van der Waals surface area contributed by atoms with E-state index in [1.165, 1.54) is 0 Å². The maximum Gasteiger partial charge on any atom is 0.310 e. The largest absolute Gasteiger partial charge is 0.466 e. The van der Waals surface area contributed by atoms with Crippen LogP contribution in [0.3, 0.4) is 0 Å². The van der Waals surface area contributed by atoms with Gasteiger partial charge in [-0.3, -0.25) is 9.69 Å².